The SMILES string of the molecule is Cl.c1cc2nnsc2c2c1CCNC2. The number of aromatic nitrogens is 2. The highest BCUT2D eigenvalue weighted by atomic mass is 35.5. The van der Waals surface area contributed by atoms with Crippen molar-refractivity contribution < 1.29 is 0 Å². The van der Waals surface area contributed by atoms with Crippen LogP contribution in [0.3, 0.4) is 0 Å². The van der Waals surface area contributed by atoms with Crippen molar-refractivity contribution in [3.63, 3.8) is 0 Å². The van der Waals surface area contributed by atoms with Gasteiger partial charge in [-0.1, -0.05) is 10.6 Å². The molecule has 1 aliphatic heterocycles. The first-order chi connectivity index (χ1) is 6.45. The van der Waals surface area contributed by atoms with Gasteiger partial charge in [-0.15, -0.1) is 17.5 Å². The fraction of sp³-hybridized carbons (Fsp3) is 0.333. The Bertz CT molecular complexity index is 454. The summed E-state index contributed by atoms with van der Waals surface area (Å²) < 4.78 is 5.23. The van der Waals surface area contributed by atoms with Crippen LogP contribution >= 0.6 is 23.9 Å². The third kappa shape index (κ3) is 1.39. The second kappa shape index (κ2) is 3.81. The number of halogens is 1. The summed E-state index contributed by atoms with van der Waals surface area (Å²) in [7, 11) is 0. The molecule has 0 bridgehead atoms. The van der Waals surface area contributed by atoms with E-state index in [1.165, 1.54) is 27.4 Å². The summed E-state index contributed by atoms with van der Waals surface area (Å²) in [5.41, 5.74) is 3.89. The zero-order valence-corrected chi connectivity index (χ0v) is 9.12. The zero-order valence-electron chi connectivity index (χ0n) is 7.49. The Morgan fingerprint density at radius 1 is 1.36 bits per heavy atom. The smallest absolute Gasteiger partial charge is 0.106 e. The van der Waals surface area contributed by atoms with Gasteiger partial charge in [0.2, 0.25) is 0 Å². The fourth-order valence-corrected chi connectivity index (χ4v) is 2.53. The maximum atomic E-state index is 4.07. The molecule has 0 fully saturated rings. The van der Waals surface area contributed by atoms with E-state index in [1.807, 2.05) is 0 Å². The van der Waals surface area contributed by atoms with Crippen LogP contribution < -0.4 is 5.32 Å². The van der Waals surface area contributed by atoms with E-state index in [9.17, 15) is 0 Å². The zero-order chi connectivity index (χ0) is 8.67. The molecule has 2 aromatic rings. The van der Waals surface area contributed by atoms with Gasteiger partial charge in [0.15, 0.2) is 0 Å². The number of benzene rings is 1. The first kappa shape index (κ1) is 9.83. The summed E-state index contributed by atoms with van der Waals surface area (Å²) in [6.45, 7) is 2.06. The normalized spacial score (nSPS) is 14.9. The van der Waals surface area contributed by atoms with E-state index in [2.05, 4.69) is 27.0 Å². The van der Waals surface area contributed by atoms with Crippen LogP contribution in [0.1, 0.15) is 11.1 Å². The van der Waals surface area contributed by atoms with Gasteiger partial charge < -0.3 is 5.32 Å². The highest BCUT2D eigenvalue weighted by Gasteiger charge is 2.13. The number of fused-ring (bicyclic) bond motifs is 3. The quantitative estimate of drug-likeness (QED) is 0.746. The molecule has 3 rings (SSSR count). The Hall–Kier alpha value is -0.710. The molecule has 5 heteroatoms. The molecule has 0 spiro atoms. The predicted molar refractivity (Wildman–Crippen MR) is 60.1 cm³/mol. The number of hydrogen-bond donors (Lipinski definition) is 1. The molecular formula is C9H10ClN3S. The summed E-state index contributed by atoms with van der Waals surface area (Å²) >= 11 is 1.50. The molecular weight excluding hydrogens is 218 g/mol. The Morgan fingerprint density at radius 3 is 3.21 bits per heavy atom. The molecule has 0 unspecified atom stereocenters. The Kier molecular flexibility index (Phi) is 2.67. The number of nitrogens with zero attached hydrogens (tertiary/aromatic N) is 2. The third-order valence-corrected chi connectivity index (χ3v) is 3.29. The topological polar surface area (TPSA) is 37.8 Å². The van der Waals surface area contributed by atoms with Crippen LogP contribution in [-0.2, 0) is 13.0 Å². The number of rotatable bonds is 0. The van der Waals surface area contributed by atoms with Crippen molar-refractivity contribution in [1.29, 1.82) is 0 Å². The maximum Gasteiger partial charge on any atom is 0.106 e. The van der Waals surface area contributed by atoms with E-state index >= 15 is 0 Å². The highest BCUT2D eigenvalue weighted by molar-refractivity contribution is 7.13. The lowest BCUT2D eigenvalue weighted by Gasteiger charge is -2.16. The van der Waals surface area contributed by atoms with Crippen molar-refractivity contribution in [3.05, 3.63) is 23.3 Å². The minimum absolute atomic E-state index is 0. The van der Waals surface area contributed by atoms with Gasteiger partial charge in [0.25, 0.3) is 0 Å². The van der Waals surface area contributed by atoms with E-state index in [-0.39, 0.29) is 12.4 Å². The molecule has 14 heavy (non-hydrogen) atoms. The van der Waals surface area contributed by atoms with Gasteiger partial charge >= 0.3 is 0 Å². The van der Waals surface area contributed by atoms with Gasteiger partial charge in [0.05, 0.1) is 4.70 Å². The van der Waals surface area contributed by atoms with E-state index in [1.54, 1.807) is 0 Å². The van der Waals surface area contributed by atoms with Crippen molar-refractivity contribution in [2.45, 2.75) is 13.0 Å². The molecule has 0 saturated carbocycles. The average molecular weight is 228 g/mol. The predicted octanol–water partition coefficient (Wildman–Crippen LogP) is 1.76. The number of nitrogens with one attached hydrogen (secondary N) is 1. The molecule has 0 saturated heterocycles. The van der Waals surface area contributed by atoms with Crippen LogP contribution in [-0.4, -0.2) is 16.1 Å². The standard InChI is InChI=1S/C9H9N3S.ClH/c1-2-8-9(13-12-11-8)7-5-10-4-3-6(1)7;/h1-2,10H,3-5H2;1H. The summed E-state index contributed by atoms with van der Waals surface area (Å²) in [6.07, 6.45) is 1.13. The van der Waals surface area contributed by atoms with Gasteiger partial charge in [-0.05, 0) is 41.7 Å². The molecule has 0 radical (unpaired) electrons. The fourth-order valence-electron chi connectivity index (χ4n) is 1.81. The lowest BCUT2D eigenvalue weighted by molar-refractivity contribution is 0.648. The van der Waals surface area contributed by atoms with Crippen molar-refractivity contribution in [2.75, 3.05) is 6.54 Å². The van der Waals surface area contributed by atoms with Crippen LogP contribution in [0.2, 0.25) is 0 Å². The molecule has 0 aliphatic carbocycles. The lowest BCUT2D eigenvalue weighted by Crippen LogP contribution is -2.23. The van der Waals surface area contributed by atoms with Crippen LogP contribution in [0.25, 0.3) is 10.2 Å². The Labute approximate surface area is 92.1 Å². The lowest BCUT2D eigenvalue weighted by atomic mass is 10.0. The second-order valence-corrected chi connectivity index (χ2v) is 4.01. The molecule has 1 N–H and O–H groups in total. The van der Waals surface area contributed by atoms with Crippen LogP contribution in [0.4, 0.5) is 0 Å². The van der Waals surface area contributed by atoms with Gasteiger partial charge in [0, 0.05) is 6.54 Å². The third-order valence-electron chi connectivity index (χ3n) is 2.49. The minimum atomic E-state index is 0. The Balaban J connectivity index is 0.000000750. The minimum Gasteiger partial charge on any atom is -0.312 e. The molecule has 1 aliphatic rings. The molecule has 74 valence electrons. The molecule has 1 aromatic carbocycles. The highest BCUT2D eigenvalue weighted by Crippen LogP contribution is 2.25. The summed E-state index contributed by atoms with van der Waals surface area (Å²) in [5, 5.41) is 7.44. The van der Waals surface area contributed by atoms with Crippen molar-refractivity contribution in [2.24, 2.45) is 0 Å². The first-order valence-electron chi connectivity index (χ1n) is 4.39. The van der Waals surface area contributed by atoms with E-state index in [0.717, 1.165) is 25.0 Å². The van der Waals surface area contributed by atoms with Crippen LogP contribution in [0.15, 0.2) is 12.1 Å². The monoisotopic (exact) mass is 227 g/mol. The summed E-state index contributed by atoms with van der Waals surface area (Å²) in [4.78, 5) is 0. The van der Waals surface area contributed by atoms with Gasteiger partial charge in [-0.2, -0.15) is 0 Å². The van der Waals surface area contributed by atoms with E-state index in [4.69, 9.17) is 0 Å². The second-order valence-electron chi connectivity index (χ2n) is 3.25. The van der Waals surface area contributed by atoms with Crippen molar-refractivity contribution in [1.82, 2.24) is 14.9 Å². The molecule has 0 atom stereocenters. The Morgan fingerprint density at radius 2 is 2.29 bits per heavy atom. The average Bonchev–Trinajstić information content (AvgIpc) is 2.65. The summed E-state index contributed by atoms with van der Waals surface area (Å²) in [6, 6.07) is 4.25. The van der Waals surface area contributed by atoms with Gasteiger partial charge in [-0.25, -0.2) is 0 Å². The first-order valence-corrected chi connectivity index (χ1v) is 5.16. The molecule has 1 aromatic heterocycles. The molecule has 0 amide bonds. The van der Waals surface area contributed by atoms with E-state index < -0.39 is 0 Å². The van der Waals surface area contributed by atoms with Crippen LogP contribution in [0, 0.1) is 0 Å². The van der Waals surface area contributed by atoms with Crippen molar-refractivity contribution in [3.8, 4) is 0 Å². The van der Waals surface area contributed by atoms with Gasteiger partial charge in [-0.3, -0.25) is 0 Å². The van der Waals surface area contributed by atoms with Crippen molar-refractivity contribution >= 4 is 34.2 Å². The van der Waals surface area contributed by atoms with Gasteiger partial charge in [0.1, 0.15) is 5.52 Å². The number of hydrogen-bond acceptors (Lipinski definition) is 4. The van der Waals surface area contributed by atoms with E-state index in [0.29, 0.717) is 0 Å². The largest absolute Gasteiger partial charge is 0.312 e. The maximum absolute atomic E-state index is 4.07. The van der Waals surface area contributed by atoms with Crippen LogP contribution in [0.5, 0.6) is 0 Å². The summed E-state index contributed by atoms with van der Waals surface area (Å²) in [5.74, 6) is 0. The molecule has 3 nitrogen and oxygen atoms in total. The molecule has 2 heterocycles.